The Hall–Kier alpha value is -1.77. The number of hydrogen-bond acceptors (Lipinski definition) is 2. The van der Waals surface area contributed by atoms with Crippen molar-refractivity contribution in [1.29, 1.82) is 0 Å². The molecule has 0 fully saturated rings. The number of benzene rings is 1. The summed E-state index contributed by atoms with van der Waals surface area (Å²) in [5.41, 5.74) is 0.689. The second-order valence-corrected chi connectivity index (χ2v) is 2.74. The van der Waals surface area contributed by atoms with Crippen molar-refractivity contribution < 1.29 is 14.6 Å². The molecule has 0 heterocycles. The summed E-state index contributed by atoms with van der Waals surface area (Å²) in [6, 6.07) is 6.82. The van der Waals surface area contributed by atoms with Crippen LogP contribution >= 0.6 is 0 Å². The number of ether oxygens (including phenoxy) is 1. The Morgan fingerprint density at radius 1 is 1.43 bits per heavy atom. The third-order valence-corrected chi connectivity index (χ3v) is 1.77. The van der Waals surface area contributed by atoms with Gasteiger partial charge in [-0.3, -0.25) is 0 Å². The monoisotopic (exact) mass is 192 g/mol. The van der Waals surface area contributed by atoms with Crippen LogP contribution in [-0.4, -0.2) is 17.7 Å². The molecular weight excluding hydrogens is 180 g/mol. The number of rotatable bonds is 4. The van der Waals surface area contributed by atoms with Gasteiger partial charge in [-0.25, -0.2) is 4.79 Å². The van der Waals surface area contributed by atoms with Crippen molar-refractivity contribution in [1.82, 2.24) is 0 Å². The normalized spacial score (nSPS) is 9.50. The van der Waals surface area contributed by atoms with Crippen LogP contribution in [0.2, 0.25) is 0 Å². The van der Waals surface area contributed by atoms with Crippen molar-refractivity contribution in [2.75, 3.05) is 6.61 Å². The number of carboxylic acid groups (broad SMARTS) is 1. The fourth-order valence-electron chi connectivity index (χ4n) is 1.04. The first kappa shape index (κ1) is 10.3. The summed E-state index contributed by atoms with van der Waals surface area (Å²) < 4.78 is 5.22. The zero-order valence-corrected chi connectivity index (χ0v) is 7.99. The van der Waals surface area contributed by atoms with Gasteiger partial charge in [-0.05, 0) is 24.6 Å². The molecule has 3 nitrogen and oxygen atoms in total. The van der Waals surface area contributed by atoms with Crippen LogP contribution in [0, 0.1) is 0 Å². The molecule has 0 aliphatic carbocycles. The predicted molar refractivity (Wildman–Crippen MR) is 54.3 cm³/mol. The minimum Gasteiger partial charge on any atom is -0.494 e. The van der Waals surface area contributed by atoms with Crippen LogP contribution < -0.4 is 4.74 Å². The highest BCUT2D eigenvalue weighted by Gasteiger charge is 2.06. The van der Waals surface area contributed by atoms with E-state index in [0.29, 0.717) is 12.2 Å². The summed E-state index contributed by atoms with van der Waals surface area (Å²) in [5, 5.41) is 8.68. The number of carbonyl (C=O) groups is 1. The highest BCUT2D eigenvalue weighted by Crippen LogP contribution is 2.17. The van der Waals surface area contributed by atoms with Crippen molar-refractivity contribution in [3.05, 3.63) is 36.4 Å². The Labute approximate surface area is 82.6 Å². The molecule has 0 atom stereocenters. The number of aliphatic carboxylic acids is 1. The summed E-state index contributed by atoms with van der Waals surface area (Å²) in [6.07, 6.45) is 0. The van der Waals surface area contributed by atoms with E-state index in [1.165, 1.54) is 0 Å². The van der Waals surface area contributed by atoms with Crippen molar-refractivity contribution in [2.45, 2.75) is 6.92 Å². The SMILES string of the molecule is C=C(C(=O)O)c1ccc(OCC)cc1. The van der Waals surface area contributed by atoms with Gasteiger partial charge in [0.15, 0.2) is 0 Å². The van der Waals surface area contributed by atoms with E-state index in [-0.39, 0.29) is 5.57 Å². The second kappa shape index (κ2) is 4.46. The molecule has 0 amide bonds. The molecule has 0 unspecified atom stereocenters. The maximum absolute atomic E-state index is 10.6. The van der Waals surface area contributed by atoms with Gasteiger partial charge in [0.1, 0.15) is 5.75 Å². The van der Waals surface area contributed by atoms with Crippen LogP contribution in [0.3, 0.4) is 0 Å². The predicted octanol–water partition coefficient (Wildman–Crippen LogP) is 2.18. The van der Waals surface area contributed by atoms with Gasteiger partial charge in [0.25, 0.3) is 0 Å². The molecule has 74 valence electrons. The van der Waals surface area contributed by atoms with E-state index in [9.17, 15) is 4.79 Å². The van der Waals surface area contributed by atoms with Crippen molar-refractivity contribution in [2.24, 2.45) is 0 Å². The van der Waals surface area contributed by atoms with Crippen molar-refractivity contribution in [3.63, 3.8) is 0 Å². The largest absolute Gasteiger partial charge is 0.494 e. The highest BCUT2D eigenvalue weighted by molar-refractivity contribution is 6.14. The summed E-state index contributed by atoms with van der Waals surface area (Å²) in [7, 11) is 0. The van der Waals surface area contributed by atoms with Gasteiger partial charge in [-0.1, -0.05) is 18.7 Å². The lowest BCUT2D eigenvalue weighted by molar-refractivity contribution is -0.130. The Kier molecular flexibility index (Phi) is 3.29. The van der Waals surface area contributed by atoms with E-state index < -0.39 is 5.97 Å². The highest BCUT2D eigenvalue weighted by atomic mass is 16.5. The van der Waals surface area contributed by atoms with Crippen LogP contribution in [-0.2, 0) is 4.79 Å². The molecule has 0 aromatic heterocycles. The van der Waals surface area contributed by atoms with Gasteiger partial charge >= 0.3 is 5.97 Å². The summed E-state index contributed by atoms with van der Waals surface area (Å²) in [6.45, 7) is 5.95. The van der Waals surface area contributed by atoms with Crippen LogP contribution in [0.25, 0.3) is 5.57 Å². The Morgan fingerprint density at radius 3 is 2.43 bits per heavy atom. The maximum Gasteiger partial charge on any atom is 0.335 e. The molecule has 14 heavy (non-hydrogen) atoms. The van der Waals surface area contributed by atoms with E-state index in [2.05, 4.69) is 6.58 Å². The molecule has 0 aliphatic rings. The third kappa shape index (κ3) is 2.36. The molecule has 0 spiro atoms. The molecule has 0 bridgehead atoms. The van der Waals surface area contributed by atoms with E-state index in [4.69, 9.17) is 9.84 Å². The van der Waals surface area contributed by atoms with E-state index >= 15 is 0 Å². The molecule has 0 aliphatic heterocycles. The van der Waals surface area contributed by atoms with Gasteiger partial charge in [-0.15, -0.1) is 0 Å². The van der Waals surface area contributed by atoms with E-state index in [0.717, 1.165) is 5.75 Å². The minimum absolute atomic E-state index is 0.0908. The second-order valence-electron chi connectivity index (χ2n) is 2.74. The maximum atomic E-state index is 10.6. The standard InChI is InChI=1S/C11H12O3/c1-3-14-10-6-4-9(5-7-10)8(2)11(12)13/h4-7H,2-3H2,1H3,(H,12,13). The first-order chi connectivity index (χ1) is 6.65. The molecule has 1 rings (SSSR count). The lowest BCUT2D eigenvalue weighted by Crippen LogP contribution is -1.98. The minimum atomic E-state index is -1.01. The van der Waals surface area contributed by atoms with Crippen LogP contribution in [0.1, 0.15) is 12.5 Å². The molecule has 3 heteroatoms. The number of carboxylic acids is 1. The fourth-order valence-corrected chi connectivity index (χ4v) is 1.04. The topological polar surface area (TPSA) is 46.5 Å². The van der Waals surface area contributed by atoms with Crippen molar-refractivity contribution in [3.8, 4) is 5.75 Å². The fraction of sp³-hybridized carbons (Fsp3) is 0.182. The average Bonchev–Trinajstić information content (AvgIpc) is 2.18. The van der Waals surface area contributed by atoms with Gasteiger partial charge in [0.05, 0.1) is 12.2 Å². The summed E-state index contributed by atoms with van der Waals surface area (Å²) in [5.74, 6) is -0.274. The van der Waals surface area contributed by atoms with Gasteiger partial charge in [0.2, 0.25) is 0 Å². The summed E-state index contributed by atoms with van der Waals surface area (Å²) >= 11 is 0. The third-order valence-electron chi connectivity index (χ3n) is 1.77. The zero-order valence-electron chi connectivity index (χ0n) is 7.99. The first-order valence-electron chi connectivity index (χ1n) is 4.30. The zero-order chi connectivity index (χ0) is 10.6. The summed E-state index contributed by atoms with van der Waals surface area (Å²) in [4.78, 5) is 10.6. The lowest BCUT2D eigenvalue weighted by Gasteiger charge is -2.04. The van der Waals surface area contributed by atoms with Crippen LogP contribution in [0.15, 0.2) is 30.8 Å². The number of hydrogen-bond donors (Lipinski definition) is 1. The molecular formula is C11H12O3. The van der Waals surface area contributed by atoms with Gasteiger partial charge in [-0.2, -0.15) is 0 Å². The van der Waals surface area contributed by atoms with Gasteiger partial charge < -0.3 is 9.84 Å². The Balaban J connectivity index is 2.83. The quantitative estimate of drug-likeness (QED) is 0.744. The molecule has 1 aromatic carbocycles. The molecule has 1 N–H and O–H groups in total. The Morgan fingerprint density at radius 2 is 2.00 bits per heavy atom. The first-order valence-corrected chi connectivity index (χ1v) is 4.30. The van der Waals surface area contributed by atoms with Crippen LogP contribution in [0.5, 0.6) is 5.75 Å². The molecule has 0 radical (unpaired) electrons. The Bertz CT molecular complexity index is 338. The van der Waals surface area contributed by atoms with Crippen molar-refractivity contribution >= 4 is 11.5 Å². The molecule has 0 saturated carbocycles. The molecule has 1 aromatic rings. The molecule has 0 saturated heterocycles. The lowest BCUT2D eigenvalue weighted by atomic mass is 10.1. The van der Waals surface area contributed by atoms with E-state index in [1.807, 2.05) is 6.92 Å². The van der Waals surface area contributed by atoms with Crippen LogP contribution in [0.4, 0.5) is 0 Å². The average molecular weight is 192 g/mol. The van der Waals surface area contributed by atoms with E-state index in [1.54, 1.807) is 24.3 Å². The van der Waals surface area contributed by atoms with Gasteiger partial charge in [0, 0.05) is 0 Å². The smallest absolute Gasteiger partial charge is 0.335 e.